The summed E-state index contributed by atoms with van der Waals surface area (Å²) in [4.78, 5) is 16.4. The highest BCUT2D eigenvalue weighted by Gasteiger charge is 2.51. The number of carbonyl (C=O) groups is 1. The van der Waals surface area contributed by atoms with E-state index in [-0.39, 0.29) is 30.0 Å². The Kier molecular flexibility index (Phi) is 3.48. The van der Waals surface area contributed by atoms with Crippen molar-refractivity contribution in [1.29, 1.82) is 0 Å². The number of carbonyl (C=O) groups excluding carboxylic acids is 1. The molecule has 4 rings (SSSR count). The number of methoxy groups -OCH3 is 1. The van der Waals surface area contributed by atoms with E-state index < -0.39 is 0 Å². The molecule has 2 saturated heterocycles. The predicted molar refractivity (Wildman–Crippen MR) is 84.4 cm³/mol. The fourth-order valence-corrected chi connectivity index (χ4v) is 3.51. The lowest BCUT2D eigenvalue weighted by Gasteiger charge is -2.24. The number of rotatable bonds is 3. The first kappa shape index (κ1) is 14.2. The van der Waals surface area contributed by atoms with E-state index in [1.165, 1.54) is 0 Å². The van der Waals surface area contributed by atoms with Crippen molar-refractivity contribution in [2.75, 3.05) is 7.11 Å². The van der Waals surface area contributed by atoms with Gasteiger partial charge in [0.05, 0.1) is 19.2 Å². The monoisotopic (exact) mass is 310 g/mol. The Morgan fingerprint density at radius 2 is 1.78 bits per heavy atom. The molecule has 2 fully saturated rings. The molecular weight excluding hydrogens is 292 g/mol. The van der Waals surface area contributed by atoms with E-state index in [2.05, 4.69) is 21.2 Å². The molecule has 4 unspecified atom stereocenters. The van der Waals surface area contributed by atoms with Crippen LogP contribution in [0.4, 0.5) is 0 Å². The maximum Gasteiger partial charge on any atom is 0.239 e. The Morgan fingerprint density at radius 3 is 2.48 bits per heavy atom. The van der Waals surface area contributed by atoms with Gasteiger partial charge in [0.15, 0.2) is 0 Å². The van der Waals surface area contributed by atoms with Crippen molar-refractivity contribution in [1.82, 2.24) is 21.2 Å². The summed E-state index contributed by atoms with van der Waals surface area (Å²) in [7, 11) is 1.65. The lowest BCUT2D eigenvalue weighted by Crippen LogP contribution is -2.39. The van der Waals surface area contributed by atoms with Gasteiger partial charge >= 0.3 is 0 Å². The van der Waals surface area contributed by atoms with Gasteiger partial charge in [0.2, 0.25) is 5.91 Å². The van der Waals surface area contributed by atoms with Crippen LogP contribution in [-0.4, -0.2) is 24.0 Å². The van der Waals surface area contributed by atoms with Gasteiger partial charge < -0.3 is 10.1 Å². The number of aromatic nitrogens is 1. The summed E-state index contributed by atoms with van der Waals surface area (Å²) < 4.78 is 5.22. The number of benzene rings is 1. The van der Waals surface area contributed by atoms with E-state index in [0.29, 0.717) is 0 Å². The minimum Gasteiger partial charge on any atom is -0.497 e. The van der Waals surface area contributed by atoms with Crippen LogP contribution in [0.3, 0.4) is 0 Å². The van der Waals surface area contributed by atoms with Crippen molar-refractivity contribution in [2.45, 2.75) is 18.1 Å². The number of hydrogen-bond acceptors (Lipinski definition) is 5. The number of nitrogens with one attached hydrogen (secondary N) is 3. The Morgan fingerprint density at radius 1 is 1.00 bits per heavy atom. The number of amides is 1. The van der Waals surface area contributed by atoms with E-state index in [9.17, 15) is 4.79 Å². The average molecular weight is 310 g/mol. The summed E-state index contributed by atoms with van der Waals surface area (Å²) in [6, 6.07) is 11.6. The third-order valence-electron chi connectivity index (χ3n) is 4.65. The number of pyridine rings is 1. The quantitative estimate of drug-likeness (QED) is 0.791. The van der Waals surface area contributed by atoms with Crippen LogP contribution in [0.25, 0.3) is 0 Å². The smallest absolute Gasteiger partial charge is 0.239 e. The Balaban J connectivity index is 1.67. The molecule has 0 spiro atoms. The SMILES string of the molecule is COc1ccc(C2NNC3C(=O)NC(c4cccnc4)C32)cc1. The largest absolute Gasteiger partial charge is 0.497 e. The summed E-state index contributed by atoms with van der Waals surface area (Å²) >= 11 is 0. The van der Waals surface area contributed by atoms with Gasteiger partial charge in [-0.25, -0.2) is 10.9 Å². The second-order valence-electron chi connectivity index (χ2n) is 5.87. The number of fused-ring (bicyclic) bond motifs is 1. The molecule has 3 heterocycles. The van der Waals surface area contributed by atoms with E-state index in [4.69, 9.17) is 4.74 Å². The van der Waals surface area contributed by atoms with Crippen LogP contribution >= 0.6 is 0 Å². The van der Waals surface area contributed by atoms with Crippen LogP contribution in [-0.2, 0) is 4.79 Å². The highest BCUT2D eigenvalue weighted by atomic mass is 16.5. The first-order valence-electron chi connectivity index (χ1n) is 7.63. The standard InChI is InChI=1S/C17H18N4O2/c1-23-12-6-4-10(5-7-12)15-13-14(11-3-2-8-18-9-11)19-17(22)16(13)21-20-15/h2-9,13-16,20-21H,1H3,(H,19,22). The molecule has 118 valence electrons. The van der Waals surface area contributed by atoms with Gasteiger partial charge in [-0.2, -0.15) is 0 Å². The third kappa shape index (κ3) is 2.36. The molecule has 2 aromatic rings. The Bertz CT molecular complexity index is 704. The topological polar surface area (TPSA) is 75.3 Å². The molecule has 0 saturated carbocycles. The highest BCUT2D eigenvalue weighted by molar-refractivity contribution is 5.86. The number of nitrogens with zero attached hydrogens (tertiary/aromatic N) is 1. The third-order valence-corrected chi connectivity index (χ3v) is 4.65. The summed E-state index contributed by atoms with van der Waals surface area (Å²) in [6.45, 7) is 0. The molecule has 6 nitrogen and oxygen atoms in total. The molecule has 1 amide bonds. The molecule has 1 aromatic heterocycles. The lowest BCUT2D eigenvalue weighted by atomic mass is 9.84. The van der Waals surface area contributed by atoms with E-state index >= 15 is 0 Å². The molecule has 2 aliphatic heterocycles. The fourth-order valence-electron chi connectivity index (χ4n) is 3.51. The van der Waals surface area contributed by atoms with Crippen molar-refractivity contribution in [2.24, 2.45) is 5.92 Å². The normalized spacial score (nSPS) is 29.2. The van der Waals surface area contributed by atoms with Gasteiger partial charge in [0, 0.05) is 18.3 Å². The second kappa shape index (κ2) is 5.64. The number of hydrogen-bond donors (Lipinski definition) is 3. The van der Waals surface area contributed by atoms with Gasteiger partial charge in [0.1, 0.15) is 11.8 Å². The number of hydrazine groups is 1. The minimum absolute atomic E-state index is 0.0207. The molecule has 6 heteroatoms. The van der Waals surface area contributed by atoms with E-state index in [1.807, 2.05) is 42.6 Å². The van der Waals surface area contributed by atoms with Gasteiger partial charge in [0.25, 0.3) is 0 Å². The van der Waals surface area contributed by atoms with Crippen molar-refractivity contribution >= 4 is 5.91 Å². The van der Waals surface area contributed by atoms with Gasteiger partial charge in [-0.1, -0.05) is 18.2 Å². The Hall–Kier alpha value is -2.44. The minimum atomic E-state index is -0.243. The first-order valence-corrected chi connectivity index (χ1v) is 7.63. The fraction of sp³-hybridized carbons (Fsp3) is 0.294. The molecule has 0 radical (unpaired) electrons. The van der Waals surface area contributed by atoms with Crippen LogP contribution in [0.2, 0.25) is 0 Å². The van der Waals surface area contributed by atoms with Crippen molar-refractivity contribution in [3.8, 4) is 5.75 Å². The average Bonchev–Trinajstić information content (AvgIpc) is 3.17. The first-order chi connectivity index (χ1) is 11.3. The van der Waals surface area contributed by atoms with Crippen LogP contribution in [0, 0.1) is 5.92 Å². The molecule has 23 heavy (non-hydrogen) atoms. The summed E-state index contributed by atoms with van der Waals surface area (Å²) in [5, 5.41) is 3.09. The van der Waals surface area contributed by atoms with Crippen LogP contribution in [0.1, 0.15) is 23.2 Å². The van der Waals surface area contributed by atoms with Crippen molar-refractivity contribution in [3.05, 3.63) is 59.9 Å². The van der Waals surface area contributed by atoms with Crippen LogP contribution in [0.5, 0.6) is 5.75 Å². The summed E-state index contributed by atoms with van der Waals surface area (Å²) in [5.74, 6) is 0.924. The lowest BCUT2D eigenvalue weighted by molar-refractivity contribution is -0.121. The van der Waals surface area contributed by atoms with Crippen LogP contribution in [0.15, 0.2) is 48.8 Å². The molecule has 2 aliphatic rings. The maximum atomic E-state index is 12.3. The van der Waals surface area contributed by atoms with E-state index in [0.717, 1.165) is 16.9 Å². The molecule has 0 bridgehead atoms. The zero-order chi connectivity index (χ0) is 15.8. The second-order valence-corrected chi connectivity index (χ2v) is 5.87. The van der Waals surface area contributed by atoms with Gasteiger partial charge in [-0.05, 0) is 29.3 Å². The predicted octanol–water partition coefficient (Wildman–Crippen LogP) is 1.09. The summed E-state index contributed by atoms with van der Waals surface area (Å²) in [5.41, 5.74) is 8.55. The Labute approximate surface area is 134 Å². The zero-order valence-electron chi connectivity index (χ0n) is 12.7. The zero-order valence-corrected chi connectivity index (χ0v) is 12.7. The molecule has 0 aliphatic carbocycles. The highest BCUT2D eigenvalue weighted by Crippen LogP contribution is 2.42. The van der Waals surface area contributed by atoms with E-state index in [1.54, 1.807) is 13.3 Å². The van der Waals surface area contributed by atoms with Gasteiger partial charge in [-0.3, -0.25) is 9.78 Å². The van der Waals surface area contributed by atoms with Crippen molar-refractivity contribution < 1.29 is 9.53 Å². The van der Waals surface area contributed by atoms with Crippen molar-refractivity contribution in [3.63, 3.8) is 0 Å². The van der Waals surface area contributed by atoms with Gasteiger partial charge in [-0.15, -0.1) is 0 Å². The number of ether oxygens (including phenoxy) is 1. The molecule has 3 N–H and O–H groups in total. The molecular formula is C17H18N4O2. The van der Waals surface area contributed by atoms with Crippen LogP contribution < -0.4 is 20.9 Å². The summed E-state index contributed by atoms with van der Waals surface area (Å²) in [6.07, 6.45) is 3.56. The molecule has 1 aromatic carbocycles. The maximum absolute atomic E-state index is 12.3. The molecule has 4 atom stereocenters.